The molecule has 0 radical (unpaired) electrons. The Kier molecular flexibility index (Phi) is 4.40. The van der Waals surface area contributed by atoms with E-state index in [1.807, 2.05) is 19.1 Å². The van der Waals surface area contributed by atoms with Crippen molar-refractivity contribution >= 4 is 28.5 Å². The molecule has 0 spiro atoms. The number of rotatable bonds is 5. The van der Waals surface area contributed by atoms with Crippen LogP contribution in [-0.2, 0) is 9.59 Å². The van der Waals surface area contributed by atoms with Crippen molar-refractivity contribution in [1.82, 2.24) is 10.2 Å². The quantitative estimate of drug-likeness (QED) is 0.901. The third-order valence-electron chi connectivity index (χ3n) is 3.29. The summed E-state index contributed by atoms with van der Waals surface area (Å²) in [4.78, 5) is 22.9. The van der Waals surface area contributed by atoms with Crippen molar-refractivity contribution in [3.8, 4) is 0 Å². The van der Waals surface area contributed by atoms with Gasteiger partial charge in [0.1, 0.15) is 0 Å². The normalized spacial score (nSPS) is 11.4. The second-order valence-corrected chi connectivity index (χ2v) is 6.16. The minimum atomic E-state index is -1.16. The van der Waals surface area contributed by atoms with Gasteiger partial charge < -0.3 is 15.2 Å². The Bertz CT molecular complexity index is 726. The number of hydrogen-bond acceptors (Lipinski definition) is 5. The van der Waals surface area contributed by atoms with Crippen LogP contribution in [0.2, 0.25) is 0 Å². The van der Waals surface area contributed by atoms with E-state index in [-0.39, 0.29) is 18.7 Å². The molecule has 1 heterocycles. The molecule has 0 aliphatic carbocycles. The Labute approximate surface area is 128 Å². The van der Waals surface area contributed by atoms with Crippen LogP contribution in [0.5, 0.6) is 0 Å². The van der Waals surface area contributed by atoms with Crippen molar-refractivity contribution in [2.24, 2.45) is 5.41 Å². The number of carbonyl (C=O) groups excluding carboxylic acids is 2. The lowest BCUT2D eigenvalue weighted by Crippen LogP contribution is -2.31. The summed E-state index contributed by atoms with van der Waals surface area (Å²) in [5.74, 6) is -1.40. The summed E-state index contributed by atoms with van der Waals surface area (Å²) in [5.41, 5.74) is 1.43. The van der Waals surface area contributed by atoms with Crippen LogP contribution in [0.1, 0.15) is 32.4 Å². The van der Waals surface area contributed by atoms with Gasteiger partial charge >= 0.3 is 0 Å². The average Bonchev–Trinajstić information content (AvgIpc) is 2.37. The second kappa shape index (κ2) is 6.09. The topological polar surface area (TPSA) is 95.0 Å². The van der Waals surface area contributed by atoms with Gasteiger partial charge in [-0.05, 0) is 37.0 Å². The maximum Gasteiger partial charge on any atom is 0.224 e. The highest BCUT2D eigenvalue weighted by Gasteiger charge is 2.22. The number of carbonyl (C=O) groups is 2. The Morgan fingerprint density at radius 2 is 1.95 bits per heavy atom. The standard InChI is InChI=1S/C16H19N3O3/c1-10-7-11-12(5-4-6-13(11)19-18-10)17-14(20)8-16(2,3)9-15(21)22/h4-7H,8-9H2,1-3H3,(H,17,20)(H,21,22)/p-1. The number of benzene rings is 1. The van der Waals surface area contributed by atoms with Gasteiger partial charge in [0.25, 0.3) is 0 Å². The molecule has 1 aromatic heterocycles. The molecule has 0 unspecified atom stereocenters. The molecule has 0 saturated heterocycles. The first-order chi connectivity index (χ1) is 10.3. The number of carboxylic acids is 1. The summed E-state index contributed by atoms with van der Waals surface area (Å²) in [7, 11) is 0. The third kappa shape index (κ3) is 4.00. The van der Waals surface area contributed by atoms with Gasteiger partial charge in [-0.3, -0.25) is 4.79 Å². The van der Waals surface area contributed by atoms with Crippen LogP contribution in [0.25, 0.3) is 10.9 Å². The van der Waals surface area contributed by atoms with Crippen molar-refractivity contribution in [3.05, 3.63) is 30.0 Å². The molecule has 1 aromatic carbocycles. The fourth-order valence-electron chi connectivity index (χ4n) is 2.35. The summed E-state index contributed by atoms with van der Waals surface area (Å²) in [5, 5.41) is 22.4. The van der Waals surface area contributed by atoms with E-state index in [2.05, 4.69) is 15.5 Å². The zero-order valence-electron chi connectivity index (χ0n) is 12.8. The van der Waals surface area contributed by atoms with Crippen LogP contribution in [-0.4, -0.2) is 22.1 Å². The van der Waals surface area contributed by atoms with Gasteiger partial charge in [0.15, 0.2) is 0 Å². The van der Waals surface area contributed by atoms with Crippen molar-refractivity contribution in [2.45, 2.75) is 33.6 Å². The molecule has 0 aliphatic rings. The van der Waals surface area contributed by atoms with E-state index in [9.17, 15) is 14.7 Å². The molecule has 0 bridgehead atoms. The van der Waals surface area contributed by atoms with E-state index >= 15 is 0 Å². The molecule has 116 valence electrons. The SMILES string of the molecule is Cc1cc2c(NC(=O)CC(C)(C)CC(=O)[O-])cccc2nn1. The minimum Gasteiger partial charge on any atom is -0.550 e. The number of aromatic nitrogens is 2. The van der Waals surface area contributed by atoms with Crippen LogP contribution in [0.3, 0.4) is 0 Å². The number of aliphatic carboxylic acids is 1. The maximum absolute atomic E-state index is 12.2. The van der Waals surface area contributed by atoms with E-state index in [1.54, 1.807) is 26.0 Å². The third-order valence-corrected chi connectivity index (χ3v) is 3.29. The first-order valence-corrected chi connectivity index (χ1v) is 7.00. The molecule has 0 atom stereocenters. The lowest BCUT2D eigenvalue weighted by Gasteiger charge is -2.24. The number of hydrogen-bond donors (Lipinski definition) is 1. The predicted octanol–water partition coefficient (Wildman–Crippen LogP) is 1.43. The number of nitrogens with one attached hydrogen (secondary N) is 1. The molecule has 6 nitrogen and oxygen atoms in total. The summed E-state index contributed by atoms with van der Waals surface area (Å²) in [6.07, 6.45) is -0.0740. The van der Waals surface area contributed by atoms with Gasteiger partial charge in [-0.25, -0.2) is 0 Å². The summed E-state index contributed by atoms with van der Waals surface area (Å²) in [6.45, 7) is 5.27. The highest BCUT2D eigenvalue weighted by molar-refractivity contribution is 6.01. The number of anilines is 1. The van der Waals surface area contributed by atoms with Gasteiger partial charge in [-0.1, -0.05) is 19.9 Å². The molecule has 0 saturated carbocycles. The zero-order chi connectivity index (χ0) is 16.3. The Morgan fingerprint density at radius 3 is 2.64 bits per heavy atom. The van der Waals surface area contributed by atoms with Gasteiger partial charge in [0, 0.05) is 17.8 Å². The molecule has 2 aromatic rings. The van der Waals surface area contributed by atoms with E-state index in [4.69, 9.17) is 0 Å². The highest BCUT2D eigenvalue weighted by atomic mass is 16.4. The molecule has 22 heavy (non-hydrogen) atoms. The van der Waals surface area contributed by atoms with Gasteiger partial charge in [-0.15, -0.1) is 0 Å². The number of fused-ring (bicyclic) bond motifs is 1. The van der Waals surface area contributed by atoms with Gasteiger partial charge in [0.2, 0.25) is 5.91 Å². The molecule has 0 aliphatic heterocycles. The lowest BCUT2D eigenvalue weighted by atomic mass is 9.85. The maximum atomic E-state index is 12.2. The van der Waals surface area contributed by atoms with Crippen molar-refractivity contribution in [1.29, 1.82) is 0 Å². The summed E-state index contributed by atoms with van der Waals surface area (Å²) < 4.78 is 0. The number of amides is 1. The van der Waals surface area contributed by atoms with Crippen molar-refractivity contribution < 1.29 is 14.7 Å². The molecule has 2 rings (SSSR count). The average molecular weight is 300 g/mol. The van der Waals surface area contributed by atoms with Crippen LogP contribution in [0.4, 0.5) is 5.69 Å². The molecule has 1 N–H and O–H groups in total. The number of carboxylic acid groups (broad SMARTS) is 1. The van der Waals surface area contributed by atoms with Crippen molar-refractivity contribution in [2.75, 3.05) is 5.32 Å². The summed E-state index contributed by atoms with van der Waals surface area (Å²) >= 11 is 0. The van der Waals surface area contributed by atoms with Crippen molar-refractivity contribution in [3.63, 3.8) is 0 Å². The Hall–Kier alpha value is -2.50. The Balaban J connectivity index is 2.18. The van der Waals surface area contributed by atoms with E-state index in [0.29, 0.717) is 11.2 Å². The predicted molar refractivity (Wildman–Crippen MR) is 80.9 cm³/mol. The largest absolute Gasteiger partial charge is 0.550 e. The van der Waals surface area contributed by atoms with Crippen LogP contribution < -0.4 is 10.4 Å². The molecule has 1 amide bonds. The first kappa shape index (κ1) is 15.9. The van der Waals surface area contributed by atoms with Crippen LogP contribution in [0.15, 0.2) is 24.3 Å². The van der Waals surface area contributed by atoms with E-state index in [0.717, 1.165) is 11.1 Å². The van der Waals surface area contributed by atoms with E-state index in [1.165, 1.54) is 0 Å². The molecule has 0 fully saturated rings. The first-order valence-electron chi connectivity index (χ1n) is 7.00. The van der Waals surface area contributed by atoms with Crippen LogP contribution >= 0.6 is 0 Å². The Morgan fingerprint density at radius 1 is 1.23 bits per heavy atom. The monoisotopic (exact) mass is 300 g/mol. The van der Waals surface area contributed by atoms with Crippen LogP contribution in [0, 0.1) is 12.3 Å². The number of aryl methyl sites for hydroxylation is 1. The van der Waals surface area contributed by atoms with Gasteiger partial charge in [0.05, 0.1) is 16.9 Å². The van der Waals surface area contributed by atoms with Gasteiger partial charge in [-0.2, -0.15) is 10.2 Å². The number of nitrogens with zero attached hydrogens (tertiary/aromatic N) is 2. The molecular weight excluding hydrogens is 282 g/mol. The van der Waals surface area contributed by atoms with E-state index < -0.39 is 11.4 Å². The second-order valence-electron chi connectivity index (χ2n) is 6.16. The minimum absolute atomic E-state index is 0.0921. The fourth-order valence-corrected chi connectivity index (χ4v) is 2.35. The molecule has 6 heteroatoms. The summed E-state index contributed by atoms with van der Waals surface area (Å²) in [6, 6.07) is 7.24. The molecular formula is C16H18N3O3-. The lowest BCUT2D eigenvalue weighted by molar-refractivity contribution is -0.307. The zero-order valence-corrected chi connectivity index (χ0v) is 12.8. The smallest absolute Gasteiger partial charge is 0.224 e. The highest BCUT2D eigenvalue weighted by Crippen LogP contribution is 2.27. The fraction of sp³-hybridized carbons (Fsp3) is 0.375.